The first-order valence-electron chi connectivity index (χ1n) is 7.68. The predicted octanol–water partition coefficient (Wildman–Crippen LogP) is 2.83. The highest BCUT2D eigenvalue weighted by atomic mass is 16.6. The van der Waals surface area contributed by atoms with Crippen molar-refractivity contribution in [2.24, 2.45) is 0 Å². The van der Waals surface area contributed by atoms with E-state index in [2.05, 4.69) is 41.8 Å². The average Bonchev–Trinajstić information content (AvgIpc) is 2.84. The molecule has 2 N–H and O–H groups in total. The summed E-state index contributed by atoms with van der Waals surface area (Å²) in [6, 6.07) is 8.74. The molecule has 4 nitrogen and oxygen atoms in total. The van der Waals surface area contributed by atoms with Crippen molar-refractivity contribution in [2.45, 2.75) is 51.7 Å². The van der Waals surface area contributed by atoms with Crippen LogP contribution in [0.3, 0.4) is 0 Å². The average molecular weight is 290 g/mol. The Morgan fingerprint density at radius 3 is 2.52 bits per heavy atom. The van der Waals surface area contributed by atoms with Crippen LogP contribution in [0, 0.1) is 0 Å². The Morgan fingerprint density at radius 2 is 1.95 bits per heavy atom. The summed E-state index contributed by atoms with van der Waals surface area (Å²) in [6.07, 6.45) is 0.703. The molecule has 2 atom stereocenters. The third-order valence-electron chi connectivity index (χ3n) is 3.73. The minimum absolute atomic E-state index is 0.0762. The second-order valence-electron chi connectivity index (χ2n) is 6.61. The fraction of sp³-hybridized carbons (Fsp3) is 0.588. The summed E-state index contributed by atoms with van der Waals surface area (Å²) in [5.74, 6) is 0.295. The van der Waals surface area contributed by atoms with Gasteiger partial charge in [0.05, 0.1) is 6.04 Å². The van der Waals surface area contributed by atoms with Crippen molar-refractivity contribution in [2.75, 3.05) is 13.1 Å². The summed E-state index contributed by atoms with van der Waals surface area (Å²) in [5, 5.41) is 6.34. The zero-order valence-corrected chi connectivity index (χ0v) is 13.4. The summed E-state index contributed by atoms with van der Waals surface area (Å²) >= 11 is 0. The van der Waals surface area contributed by atoms with E-state index >= 15 is 0 Å². The van der Waals surface area contributed by atoms with Gasteiger partial charge in [-0.25, -0.2) is 4.79 Å². The van der Waals surface area contributed by atoms with Crippen molar-refractivity contribution in [3.63, 3.8) is 0 Å². The lowest BCUT2D eigenvalue weighted by atomic mass is 9.93. The van der Waals surface area contributed by atoms with Crippen molar-refractivity contribution in [3.05, 3.63) is 35.4 Å². The summed E-state index contributed by atoms with van der Waals surface area (Å²) in [5.41, 5.74) is 2.13. The Kier molecular flexibility index (Phi) is 4.88. The molecule has 1 amide bonds. The number of alkyl carbamates (subject to hydrolysis) is 1. The molecule has 1 fully saturated rings. The molecule has 0 spiro atoms. The van der Waals surface area contributed by atoms with E-state index < -0.39 is 5.60 Å². The molecule has 0 saturated carbocycles. The molecule has 1 heterocycles. The van der Waals surface area contributed by atoms with Crippen LogP contribution in [0.4, 0.5) is 4.79 Å². The Balaban J connectivity index is 2.01. The number of amides is 1. The molecule has 0 bridgehead atoms. The lowest BCUT2D eigenvalue weighted by Crippen LogP contribution is -2.42. The summed E-state index contributed by atoms with van der Waals surface area (Å²) in [4.78, 5) is 11.9. The minimum atomic E-state index is -0.464. The van der Waals surface area contributed by atoms with Gasteiger partial charge in [0.2, 0.25) is 0 Å². The molecular weight excluding hydrogens is 264 g/mol. The molecule has 1 aromatic carbocycles. The van der Waals surface area contributed by atoms with E-state index in [0.29, 0.717) is 5.92 Å². The van der Waals surface area contributed by atoms with Gasteiger partial charge >= 0.3 is 6.09 Å². The Hall–Kier alpha value is -1.55. The predicted molar refractivity (Wildman–Crippen MR) is 84.6 cm³/mol. The second-order valence-corrected chi connectivity index (χ2v) is 6.61. The molecule has 1 aliphatic rings. The fourth-order valence-electron chi connectivity index (χ4n) is 2.64. The molecule has 4 heteroatoms. The number of nitrogens with one attached hydrogen (secondary N) is 2. The highest BCUT2D eigenvalue weighted by molar-refractivity contribution is 5.68. The van der Waals surface area contributed by atoms with Gasteiger partial charge < -0.3 is 15.4 Å². The number of aryl methyl sites for hydroxylation is 1. The van der Waals surface area contributed by atoms with Gasteiger partial charge in [-0.1, -0.05) is 31.2 Å². The van der Waals surface area contributed by atoms with Crippen LogP contribution in [0.1, 0.15) is 44.7 Å². The Labute approximate surface area is 127 Å². The van der Waals surface area contributed by atoms with Gasteiger partial charge in [-0.3, -0.25) is 0 Å². The molecular formula is C17H26N2O2. The van der Waals surface area contributed by atoms with Crippen molar-refractivity contribution < 1.29 is 9.53 Å². The van der Waals surface area contributed by atoms with Gasteiger partial charge in [0.15, 0.2) is 0 Å². The summed E-state index contributed by atoms with van der Waals surface area (Å²) in [7, 11) is 0. The van der Waals surface area contributed by atoms with Gasteiger partial charge in [0.1, 0.15) is 5.60 Å². The zero-order valence-electron chi connectivity index (χ0n) is 13.4. The van der Waals surface area contributed by atoms with E-state index in [9.17, 15) is 4.79 Å². The standard InChI is InChI=1S/C17H26N2O2/c1-5-12-6-8-13(9-7-12)14-10-18-11-15(14)19-16(20)21-17(2,3)4/h6-9,14-15,18H,5,10-11H2,1-4H3,(H,19,20)/t14-,15-/m1/s1. The van der Waals surface area contributed by atoms with Crippen molar-refractivity contribution >= 4 is 6.09 Å². The summed E-state index contributed by atoms with van der Waals surface area (Å²) in [6.45, 7) is 9.44. The smallest absolute Gasteiger partial charge is 0.407 e. The van der Waals surface area contributed by atoms with Crippen LogP contribution in [-0.4, -0.2) is 30.8 Å². The van der Waals surface area contributed by atoms with Crippen LogP contribution in [0.25, 0.3) is 0 Å². The Bertz CT molecular complexity index is 477. The Morgan fingerprint density at radius 1 is 1.29 bits per heavy atom. The van der Waals surface area contributed by atoms with Crippen molar-refractivity contribution in [1.82, 2.24) is 10.6 Å². The molecule has 21 heavy (non-hydrogen) atoms. The maximum atomic E-state index is 11.9. The molecule has 1 saturated heterocycles. The number of carbonyl (C=O) groups excluding carboxylic acids is 1. The normalized spacial score (nSPS) is 22.1. The maximum absolute atomic E-state index is 11.9. The number of hydrogen-bond donors (Lipinski definition) is 2. The molecule has 116 valence electrons. The lowest BCUT2D eigenvalue weighted by Gasteiger charge is -2.24. The number of benzene rings is 1. The molecule has 0 unspecified atom stereocenters. The number of ether oxygens (including phenoxy) is 1. The molecule has 2 rings (SSSR count). The van der Waals surface area contributed by atoms with E-state index in [1.807, 2.05) is 20.8 Å². The highest BCUT2D eigenvalue weighted by Crippen LogP contribution is 2.24. The third kappa shape index (κ3) is 4.46. The minimum Gasteiger partial charge on any atom is -0.444 e. The third-order valence-corrected chi connectivity index (χ3v) is 3.73. The van der Waals surface area contributed by atoms with Gasteiger partial charge in [0, 0.05) is 19.0 Å². The zero-order chi connectivity index (χ0) is 15.5. The first-order chi connectivity index (χ1) is 9.89. The van der Waals surface area contributed by atoms with Gasteiger partial charge in [0.25, 0.3) is 0 Å². The number of carbonyl (C=O) groups is 1. The molecule has 1 aliphatic heterocycles. The van der Waals surface area contributed by atoms with Crippen LogP contribution in [0.2, 0.25) is 0 Å². The van der Waals surface area contributed by atoms with E-state index in [1.165, 1.54) is 11.1 Å². The SMILES string of the molecule is CCc1ccc([C@H]2CNC[C@H]2NC(=O)OC(C)(C)C)cc1. The quantitative estimate of drug-likeness (QED) is 0.900. The topological polar surface area (TPSA) is 50.4 Å². The van der Waals surface area contributed by atoms with E-state index in [0.717, 1.165) is 19.5 Å². The van der Waals surface area contributed by atoms with Crippen molar-refractivity contribution in [3.8, 4) is 0 Å². The van der Waals surface area contributed by atoms with Crippen LogP contribution in [0.5, 0.6) is 0 Å². The number of hydrogen-bond acceptors (Lipinski definition) is 3. The van der Waals surface area contributed by atoms with Gasteiger partial charge in [-0.2, -0.15) is 0 Å². The number of rotatable bonds is 3. The van der Waals surface area contributed by atoms with Gasteiger partial charge in [-0.05, 0) is 38.3 Å². The van der Waals surface area contributed by atoms with Crippen molar-refractivity contribution in [1.29, 1.82) is 0 Å². The maximum Gasteiger partial charge on any atom is 0.407 e. The van der Waals surface area contributed by atoms with E-state index in [4.69, 9.17) is 4.74 Å². The lowest BCUT2D eigenvalue weighted by molar-refractivity contribution is 0.0504. The first kappa shape index (κ1) is 15.8. The fourth-order valence-corrected chi connectivity index (χ4v) is 2.64. The van der Waals surface area contributed by atoms with Crippen LogP contribution >= 0.6 is 0 Å². The monoisotopic (exact) mass is 290 g/mol. The summed E-state index contributed by atoms with van der Waals surface area (Å²) < 4.78 is 5.34. The largest absolute Gasteiger partial charge is 0.444 e. The first-order valence-corrected chi connectivity index (χ1v) is 7.68. The molecule has 0 aromatic heterocycles. The highest BCUT2D eigenvalue weighted by Gasteiger charge is 2.31. The van der Waals surface area contributed by atoms with Crippen LogP contribution < -0.4 is 10.6 Å². The molecule has 0 radical (unpaired) electrons. The van der Waals surface area contributed by atoms with E-state index in [1.54, 1.807) is 0 Å². The molecule has 1 aromatic rings. The van der Waals surface area contributed by atoms with E-state index in [-0.39, 0.29) is 12.1 Å². The molecule has 0 aliphatic carbocycles. The second kappa shape index (κ2) is 6.48. The van der Waals surface area contributed by atoms with Crippen LogP contribution in [0.15, 0.2) is 24.3 Å². The van der Waals surface area contributed by atoms with Crippen LogP contribution in [-0.2, 0) is 11.2 Å². The van der Waals surface area contributed by atoms with Gasteiger partial charge in [-0.15, -0.1) is 0 Å².